The zero-order valence-electron chi connectivity index (χ0n) is 15.3. The molecule has 1 saturated heterocycles. The lowest BCUT2D eigenvalue weighted by Crippen LogP contribution is -2.46. The molecule has 27 heavy (non-hydrogen) atoms. The number of nitro groups is 1. The smallest absolute Gasteiger partial charge is 0.373 e. The second-order valence-electron chi connectivity index (χ2n) is 6.46. The molecule has 1 aromatic carbocycles. The first-order chi connectivity index (χ1) is 12.8. The summed E-state index contributed by atoms with van der Waals surface area (Å²) in [5, 5.41) is 11.7. The number of rotatable bonds is 5. The molecule has 0 bridgehead atoms. The maximum Gasteiger partial charge on any atom is 0.373 e. The number of aromatic nitrogens is 2. The Morgan fingerprint density at radius 2 is 2.00 bits per heavy atom. The maximum atomic E-state index is 11.7. The summed E-state index contributed by atoms with van der Waals surface area (Å²) in [5.74, 6) is 0.181. The molecule has 3 rings (SSSR count). The number of Topliss-reactive ketones (excluding diaryl/α,β-unsaturated/α-hetero) is 1. The van der Waals surface area contributed by atoms with E-state index in [9.17, 15) is 14.9 Å². The van der Waals surface area contributed by atoms with Gasteiger partial charge in [0.05, 0.1) is 17.1 Å². The molecule has 1 aliphatic heterocycles. The summed E-state index contributed by atoms with van der Waals surface area (Å²) < 4.78 is 11.3. The molecule has 2 heterocycles. The summed E-state index contributed by atoms with van der Waals surface area (Å²) in [4.78, 5) is 32.6. The molecule has 9 heteroatoms. The van der Waals surface area contributed by atoms with Crippen molar-refractivity contribution in [2.45, 2.75) is 33.0 Å². The molecule has 9 nitrogen and oxygen atoms in total. The van der Waals surface area contributed by atoms with Crippen molar-refractivity contribution in [3.8, 4) is 11.6 Å². The maximum absolute atomic E-state index is 11.7. The van der Waals surface area contributed by atoms with Gasteiger partial charge in [-0.15, -0.1) is 0 Å². The molecule has 0 amide bonds. The van der Waals surface area contributed by atoms with Crippen LogP contribution in [0.5, 0.6) is 11.6 Å². The fraction of sp³-hybridized carbons (Fsp3) is 0.389. The van der Waals surface area contributed by atoms with Crippen LogP contribution in [0.4, 0.5) is 11.5 Å². The molecule has 0 spiro atoms. The number of benzene rings is 1. The van der Waals surface area contributed by atoms with Crippen LogP contribution in [0, 0.1) is 10.1 Å². The number of ketones is 1. The first kappa shape index (κ1) is 18.7. The number of morpholine rings is 1. The minimum Gasteiger partial charge on any atom is -0.434 e. The van der Waals surface area contributed by atoms with Crippen LogP contribution >= 0.6 is 0 Å². The van der Waals surface area contributed by atoms with Crippen molar-refractivity contribution in [3.05, 3.63) is 46.3 Å². The summed E-state index contributed by atoms with van der Waals surface area (Å²) in [6.07, 6.45) is 1.07. The quantitative estimate of drug-likeness (QED) is 0.448. The average molecular weight is 372 g/mol. The number of hydrogen-bond acceptors (Lipinski definition) is 8. The van der Waals surface area contributed by atoms with E-state index in [4.69, 9.17) is 9.47 Å². The van der Waals surface area contributed by atoms with Gasteiger partial charge in [-0.25, -0.2) is 4.98 Å². The van der Waals surface area contributed by atoms with Gasteiger partial charge in [0, 0.05) is 18.7 Å². The third-order valence-corrected chi connectivity index (χ3v) is 4.13. The summed E-state index contributed by atoms with van der Waals surface area (Å²) >= 11 is 0. The third-order valence-electron chi connectivity index (χ3n) is 4.13. The van der Waals surface area contributed by atoms with E-state index in [0.29, 0.717) is 24.4 Å². The van der Waals surface area contributed by atoms with Gasteiger partial charge in [-0.3, -0.25) is 14.9 Å². The molecule has 0 N–H and O–H groups in total. The fourth-order valence-corrected chi connectivity index (χ4v) is 3.06. The van der Waals surface area contributed by atoms with Gasteiger partial charge in [-0.2, -0.15) is 4.98 Å². The van der Waals surface area contributed by atoms with Gasteiger partial charge in [0.25, 0.3) is 0 Å². The summed E-state index contributed by atoms with van der Waals surface area (Å²) in [6.45, 7) is 6.19. The lowest BCUT2D eigenvalue weighted by molar-refractivity contribution is -0.385. The predicted octanol–water partition coefficient (Wildman–Crippen LogP) is 2.99. The number of nitrogens with zero attached hydrogens (tertiary/aromatic N) is 4. The van der Waals surface area contributed by atoms with Gasteiger partial charge in [0.1, 0.15) is 12.1 Å². The molecule has 1 aromatic heterocycles. The van der Waals surface area contributed by atoms with Crippen molar-refractivity contribution in [2.24, 2.45) is 0 Å². The number of carbonyl (C=O) groups excluding carboxylic acids is 1. The first-order valence-electron chi connectivity index (χ1n) is 8.53. The second-order valence-corrected chi connectivity index (χ2v) is 6.46. The highest BCUT2D eigenvalue weighted by atomic mass is 16.6. The predicted molar refractivity (Wildman–Crippen MR) is 97.4 cm³/mol. The van der Waals surface area contributed by atoms with E-state index in [2.05, 4.69) is 9.97 Å². The fourth-order valence-electron chi connectivity index (χ4n) is 3.06. The van der Waals surface area contributed by atoms with E-state index < -0.39 is 4.92 Å². The molecule has 1 aliphatic rings. The zero-order chi connectivity index (χ0) is 19.6. The van der Waals surface area contributed by atoms with Crippen molar-refractivity contribution in [3.63, 3.8) is 0 Å². The Hall–Kier alpha value is -3.07. The van der Waals surface area contributed by atoms with E-state index in [-0.39, 0.29) is 35.4 Å². The third kappa shape index (κ3) is 4.20. The molecule has 0 aliphatic carbocycles. The van der Waals surface area contributed by atoms with Crippen molar-refractivity contribution >= 4 is 17.3 Å². The van der Waals surface area contributed by atoms with E-state index in [1.54, 1.807) is 23.1 Å². The van der Waals surface area contributed by atoms with Crippen LogP contribution < -0.4 is 9.64 Å². The summed E-state index contributed by atoms with van der Waals surface area (Å²) in [5.41, 5.74) is 0.132. The molecule has 2 atom stereocenters. The Kier molecular flexibility index (Phi) is 5.31. The SMILES string of the molecule is CC(=O)c1cccc(Oc2ncnc(N3CC(C)OC(C)C3)c2[N+](=O)[O-])c1. The van der Waals surface area contributed by atoms with Crippen LogP contribution in [0.2, 0.25) is 0 Å². The largest absolute Gasteiger partial charge is 0.434 e. The number of hydrogen-bond donors (Lipinski definition) is 0. The first-order valence-corrected chi connectivity index (χ1v) is 8.53. The molecule has 2 unspecified atom stereocenters. The Labute approximate surface area is 156 Å². The summed E-state index contributed by atoms with van der Waals surface area (Å²) in [6, 6.07) is 6.42. The van der Waals surface area contributed by atoms with Crippen LogP contribution in [0.15, 0.2) is 30.6 Å². The lowest BCUT2D eigenvalue weighted by atomic mass is 10.1. The van der Waals surface area contributed by atoms with Crippen LogP contribution in [0.3, 0.4) is 0 Å². The summed E-state index contributed by atoms with van der Waals surface area (Å²) in [7, 11) is 0. The van der Waals surface area contributed by atoms with E-state index in [0.717, 1.165) is 0 Å². The van der Waals surface area contributed by atoms with Crippen molar-refractivity contribution in [2.75, 3.05) is 18.0 Å². The van der Waals surface area contributed by atoms with Gasteiger partial charge >= 0.3 is 11.6 Å². The average Bonchev–Trinajstić information content (AvgIpc) is 2.60. The Morgan fingerprint density at radius 3 is 2.63 bits per heavy atom. The van der Waals surface area contributed by atoms with Crippen LogP contribution in [-0.4, -0.2) is 46.0 Å². The van der Waals surface area contributed by atoms with Gasteiger partial charge < -0.3 is 14.4 Å². The minimum absolute atomic E-state index is 0.0834. The second kappa shape index (κ2) is 7.67. The van der Waals surface area contributed by atoms with Crippen LogP contribution in [-0.2, 0) is 4.74 Å². The van der Waals surface area contributed by atoms with Gasteiger partial charge in [-0.05, 0) is 32.9 Å². The normalized spacial score (nSPS) is 19.6. The highest BCUT2D eigenvalue weighted by Crippen LogP contribution is 2.37. The topological polar surface area (TPSA) is 108 Å². The molecule has 0 radical (unpaired) electrons. The monoisotopic (exact) mass is 372 g/mol. The number of anilines is 1. The molecule has 2 aromatic rings. The standard InChI is InChI=1S/C18H20N4O5/c1-11-8-21(9-12(2)26-11)17-16(22(24)25)18(20-10-19-17)27-15-6-4-5-14(7-15)13(3)23/h4-7,10-12H,8-9H2,1-3H3. The van der Waals surface area contributed by atoms with Gasteiger partial charge in [0.15, 0.2) is 5.78 Å². The Morgan fingerprint density at radius 1 is 1.30 bits per heavy atom. The molecular weight excluding hydrogens is 352 g/mol. The van der Waals surface area contributed by atoms with Crippen LogP contribution in [0.1, 0.15) is 31.1 Å². The number of carbonyl (C=O) groups is 1. The zero-order valence-corrected chi connectivity index (χ0v) is 15.3. The Balaban J connectivity index is 1.98. The minimum atomic E-state index is -0.551. The Bertz CT molecular complexity index is 863. The van der Waals surface area contributed by atoms with Crippen molar-refractivity contribution in [1.82, 2.24) is 9.97 Å². The molecular formula is C18H20N4O5. The van der Waals surface area contributed by atoms with E-state index in [1.807, 2.05) is 13.8 Å². The molecule has 142 valence electrons. The molecule has 1 fully saturated rings. The van der Waals surface area contributed by atoms with Gasteiger partial charge in [0.2, 0.25) is 5.82 Å². The van der Waals surface area contributed by atoms with E-state index >= 15 is 0 Å². The van der Waals surface area contributed by atoms with Gasteiger partial charge in [-0.1, -0.05) is 12.1 Å². The molecule has 0 saturated carbocycles. The van der Waals surface area contributed by atoms with Crippen molar-refractivity contribution < 1.29 is 19.2 Å². The van der Waals surface area contributed by atoms with Crippen LogP contribution in [0.25, 0.3) is 0 Å². The highest BCUT2D eigenvalue weighted by molar-refractivity contribution is 5.94. The van der Waals surface area contributed by atoms with E-state index in [1.165, 1.54) is 19.3 Å². The van der Waals surface area contributed by atoms with Crippen molar-refractivity contribution in [1.29, 1.82) is 0 Å². The number of ether oxygens (including phenoxy) is 2. The highest BCUT2D eigenvalue weighted by Gasteiger charge is 2.32. The lowest BCUT2D eigenvalue weighted by Gasteiger charge is -2.35.